The van der Waals surface area contributed by atoms with Crippen molar-refractivity contribution < 1.29 is 23.1 Å². The standard InChI is InChI=1S/C10H12F2O3Si/c1-16(2,3)15-9-7(11)4-6(10(13)14)5-8(9)12/h4-5H,1-3H3,(H,13,14). The highest BCUT2D eigenvalue weighted by molar-refractivity contribution is 6.70. The van der Waals surface area contributed by atoms with Gasteiger partial charge in [-0.25, -0.2) is 13.6 Å². The zero-order chi connectivity index (χ0) is 12.5. The maximum absolute atomic E-state index is 13.4. The third kappa shape index (κ3) is 3.03. The lowest BCUT2D eigenvalue weighted by Crippen LogP contribution is -2.30. The molecule has 0 spiro atoms. The summed E-state index contributed by atoms with van der Waals surface area (Å²) < 4.78 is 32.0. The molecule has 0 heterocycles. The van der Waals surface area contributed by atoms with Crippen molar-refractivity contribution in [3.8, 4) is 5.75 Å². The molecule has 0 saturated heterocycles. The zero-order valence-corrected chi connectivity index (χ0v) is 10.2. The predicted molar refractivity (Wildman–Crippen MR) is 57.3 cm³/mol. The van der Waals surface area contributed by atoms with Crippen LogP contribution in [-0.2, 0) is 0 Å². The average Bonchev–Trinajstić information content (AvgIpc) is 2.09. The SMILES string of the molecule is C[Si](C)(C)Oc1c(F)cc(C(=O)O)cc1F. The van der Waals surface area contributed by atoms with E-state index in [0.29, 0.717) is 0 Å². The lowest BCUT2D eigenvalue weighted by molar-refractivity contribution is 0.0695. The number of carbonyl (C=O) groups is 1. The summed E-state index contributed by atoms with van der Waals surface area (Å²) in [5.41, 5.74) is -0.432. The van der Waals surface area contributed by atoms with Gasteiger partial charge in [0.15, 0.2) is 17.4 Å². The summed E-state index contributed by atoms with van der Waals surface area (Å²) in [5, 5.41) is 8.59. The van der Waals surface area contributed by atoms with E-state index in [2.05, 4.69) is 0 Å². The van der Waals surface area contributed by atoms with Crippen molar-refractivity contribution in [2.24, 2.45) is 0 Å². The number of halogens is 2. The van der Waals surface area contributed by atoms with E-state index in [4.69, 9.17) is 9.53 Å². The van der Waals surface area contributed by atoms with Gasteiger partial charge in [-0.15, -0.1) is 0 Å². The minimum absolute atomic E-state index is 0.432. The van der Waals surface area contributed by atoms with Gasteiger partial charge in [0.05, 0.1) is 5.56 Å². The molecule has 0 amide bonds. The fraction of sp³-hybridized carbons (Fsp3) is 0.300. The van der Waals surface area contributed by atoms with E-state index >= 15 is 0 Å². The summed E-state index contributed by atoms with van der Waals surface area (Å²) >= 11 is 0. The molecule has 0 unspecified atom stereocenters. The molecule has 0 aliphatic heterocycles. The molecule has 1 N–H and O–H groups in total. The fourth-order valence-corrected chi connectivity index (χ4v) is 1.89. The summed E-state index contributed by atoms with van der Waals surface area (Å²) in [4.78, 5) is 10.5. The molecule has 6 heteroatoms. The van der Waals surface area contributed by atoms with Gasteiger partial charge in [0.25, 0.3) is 0 Å². The summed E-state index contributed by atoms with van der Waals surface area (Å²) in [7, 11) is -2.13. The zero-order valence-electron chi connectivity index (χ0n) is 9.17. The first-order valence-corrected chi connectivity index (χ1v) is 8.03. The minimum Gasteiger partial charge on any atom is -0.540 e. The second-order valence-corrected chi connectivity index (χ2v) is 8.72. The third-order valence-electron chi connectivity index (χ3n) is 1.65. The summed E-state index contributed by atoms with van der Waals surface area (Å²) in [5.74, 6) is -3.85. The highest BCUT2D eigenvalue weighted by atomic mass is 28.4. The van der Waals surface area contributed by atoms with E-state index in [1.807, 2.05) is 0 Å². The first-order chi connectivity index (χ1) is 7.20. The summed E-state index contributed by atoms with van der Waals surface area (Å²) in [6.07, 6.45) is 0. The van der Waals surface area contributed by atoms with Crippen LogP contribution in [0.25, 0.3) is 0 Å². The van der Waals surface area contributed by atoms with Crippen molar-refractivity contribution in [3.63, 3.8) is 0 Å². The van der Waals surface area contributed by atoms with E-state index in [1.54, 1.807) is 19.6 Å². The van der Waals surface area contributed by atoms with Gasteiger partial charge in [-0.05, 0) is 31.8 Å². The van der Waals surface area contributed by atoms with E-state index in [-0.39, 0.29) is 0 Å². The van der Waals surface area contributed by atoms with Gasteiger partial charge in [-0.2, -0.15) is 0 Å². The lowest BCUT2D eigenvalue weighted by Gasteiger charge is -2.20. The van der Waals surface area contributed by atoms with Gasteiger partial charge in [0.1, 0.15) is 0 Å². The number of carboxylic acids is 1. The highest BCUT2D eigenvalue weighted by Crippen LogP contribution is 2.26. The predicted octanol–water partition coefficient (Wildman–Crippen LogP) is 2.88. The molecular formula is C10H12F2O3Si. The molecule has 0 atom stereocenters. The molecular weight excluding hydrogens is 234 g/mol. The molecule has 0 aromatic heterocycles. The van der Waals surface area contributed by atoms with Crippen LogP contribution in [0.3, 0.4) is 0 Å². The Bertz CT molecular complexity index is 404. The maximum Gasteiger partial charge on any atom is 0.335 e. The van der Waals surface area contributed by atoms with Gasteiger partial charge in [0.2, 0.25) is 8.32 Å². The molecule has 1 rings (SSSR count). The van der Waals surface area contributed by atoms with Crippen molar-refractivity contribution in [2.75, 3.05) is 0 Å². The van der Waals surface area contributed by atoms with Gasteiger partial charge in [-0.3, -0.25) is 0 Å². The second-order valence-electron chi connectivity index (χ2n) is 4.29. The van der Waals surface area contributed by atoms with Gasteiger partial charge in [-0.1, -0.05) is 0 Å². The van der Waals surface area contributed by atoms with Crippen LogP contribution in [0.2, 0.25) is 19.6 Å². The molecule has 1 aromatic rings. The largest absolute Gasteiger partial charge is 0.540 e. The van der Waals surface area contributed by atoms with E-state index in [9.17, 15) is 13.6 Å². The van der Waals surface area contributed by atoms with Gasteiger partial charge < -0.3 is 9.53 Å². The summed E-state index contributed by atoms with van der Waals surface area (Å²) in [6, 6.07) is 1.50. The minimum atomic E-state index is -2.13. The van der Waals surface area contributed by atoms with Crippen LogP contribution in [-0.4, -0.2) is 19.4 Å². The van der Waals surface area contributed by atoms with Crippen LogP contribution < -0.4 is 4.43 Å². The number of benzene rings is 1. The monoisotopic (exact) mass is 246 g/mol. The first-order valence-electron chi connectivity index (χ1n) is 4.62. The normalized spacial score (nSPS) is 11.3. The van der Waals surface area contributed by atoms with E-state index < -0.39 is 37.2 Å². The number of carboxylic acid groups (broad SMARTS) is 1. The molecule has 88 valence electrons. The molecule has 0 aliphatic carbocycles. The number of aromatic carboxylic acids is 1. The van der Waals surface area contributed by atoms with Crippen molar-refractivity contribution in [1.29, 1.82) is 0 Å². The maximum atomic E-state index is 13.4. The topological polar surface area (TPSA) is 46.5 Å². The van der Waals surface area contributed by atoms with Gasteiger partial charge in [0, 0.05) is 0 Å². The van der Waals surface area contributed by atoms with E-state index in [1.165, 1.54) is 0 Å². The third-order valence-corrected chi connectivity index (χ3v) is 2.47. The number of hydrogen-bond acceptors (Lipinski definition) is 2. The Kier molecular flexibility index (Phi) is 3.32. The number of rotatable bonds is 3. The second kappa shape index (κ2) is 4.21. The lowest BCUT2D eigenvalue weighted by atomic mass is 10.2. The Morgan fingerprint density at radius 2 is 1.69 bits per heavy atom. The average molecular weight is 246 g/mol. The van der Waals surface area contributed by atoms with Crippen LogP contribution >= 0.6 is 0 Å². The highest BCUT2D eigenvalue weighted by Gasteiger charge is 2.23. The van der Waals surface area contributed by atoms with Crippen LogP contribution in [0.1, 0.15) is 10.4 Å². The van der Waals surface area contributed by atoms with Crippen molar-refractivity contribution in [2.45, 2.75) is 19.6 Å². The van der Waals surface area contributed by atoms with Crippen molar-refractivity contribution in [1.82, 2.24) is 0 Å². The van der Waals surface area contributed by atoms with Crippen LogP contribution in [0.4, 0.5) is 8.78 Å². The van der Waals surface area contributed by atoms with Crippen LogP contribution in [0.5, 0.6) is 5.75 Å². The van der Waals surface area contributed by atoms with E-state index in [0.717, 1.165) is 12.1 Å². The molecule has 3 nitrogen and oxygen atoms in total. The Morgan fingerprint density at radius 3 is 2.00 bits per heavy atom. The molecule has 1 aromatic carbocycles. The van der Waals surface area contributed by atoms with Crippen molar-refractivity contribution >= 4 is 14.3 Å². The van der Waals surface area contributed by atoms with Crippen LogP contribution in [0.15, 0.2) is 12.1 Å². The van der Waals surface area contributed by atoms with Crippen LogP contribution in [0, 0.1) is 11.6 Å². The smallest absolute Gasteiger partial charge is 0.335 e. The molecule has 0 bridgehead atoms. The Labute approximate surface area is 92.8 Å². The molecule has 0 radical (unpaired) electrons. The Balaban J connectivity index is 3.18. The molecule has 16 heavy (non-hydrogen) atoms. The summed E-state index contributed by atoms with van der Waals surface area (Å²) in [6.45, 7) is 5.32. The van der Waals surface area contributed by atoms with Crippen molar-refractivity contribution in [3.05, 3.63) is 29.3 Å². The first kappa shape index (κ1) is 12.6. The Hall–Kier alpha value is -1.43. The molecule has 0 saturated carbocycles. The van der Waals surface area contributed by atoms with Gasteiger partial charge >= 0.3 is 5.97 Å². The quantitative estimate of drug-likeness (QED) is 0.834. The fourth-order valence-electron chi connectivity index (χ4n) is 1.09. The number of hydrogen-bond donors (Lipinski definition) is 1. The molecule has 0 fully saturated rings. The molecule has 0 aliphatic rings. The Morgan fingerprint density at radius 1 is 1.25 bits per heavy atom.